The van der Waals surface area contributed by atoms with E-state index in [1.807, 2.05) is 36.5 Å². The number of phenolic OH excluding ortho intramolecular Hbond substituents is 2. The first kappa shape index (κ1) is 33.3. The van der Waals surface area contributed by atoms with E-state index in [-0.39, 0.29) is 35.0 Å². The van der Waals surface area contributed by atoms with Crippen molar-refractivity contribution in [3.05, 3.63) is 94.7 Å². The zero-order valence-electron chi connectivity index (χ0n) is 26.9. The van der Waals surface area contributed by atoms with Crippen LogP contribution in [0.1, 0.15) is 90.4 Å². The summed E-state index contributed by atoms with van der Waals surface area (Å²) in [4.78, 5) is 42.4. The number of ether oxygens (including phenoxy) is 2. The summed E-state index contributed by atoms with van der Waals surface area (Å²) in [6, 6.07) is 16.4. The van der Waals surface area contributed by atoms with Crippen molar-refractivity contribution in [1.82, 2.24) is 10.3 Å². The van der Waals surface area contributed by atoms with Crippen LogP contribution in [0, 0.1) is 0 Å². The van der Waals surface area contributed by atoms with Crippen molar-refractivity contribution in [2.75, 3.05) is 13.7 Å². The van der Waals surface area contributed by atoms with Crippen molar-refractivity contribution in [3.8, 4) is 17.2 Å². The predicted molar refractivity (Wildman–Crippen MR) is 181 cm³/mol. The fourth-order valence-corrected chi connectivity index (χ4v) is 6.17. The SMILES string of the molecule is COc1ccc(C(CC(=O)NCCc2c[nH]c3ccccc23)c2c(O)cc3c(c2O)C(=O)O[C@@H](C)CCCC(=O)CCC/C=C/3)cc1. The van der Waals surface area contributed by atoms with E-state index in [1.54, 1.807) is 44.4 Å². The molecule has 2 atom stereocenters. The molecule has 1 aliphatic heterocycles. The van der Waals surface area contributed by atoms with Crippen LogP contribution in [0.25, 0.3) is 17.0 Å². The van der Waals surface area contributed by atoms with Gasteiger partial charge in [0.25, 0.3) is 0 Å². The number of hydrogen-bond donors (Lipinski definition) is 4. The number of phenols is 2. The summed E-state index contributed by atoms with van der Waals surface area (Å²) in [6.07, 6.45) is 8.67. The number of aromatic hydroxyl groups is 2. The molecule has 0 saturated heterocycles. The summed E-state index contributed by atoms with van der Waals surface area (Å²) in [6.45, 7) is 2.14. The molecule has 4 aromatic rings. The third kappa shape index (κ3) is 8.22. The lowest BCUT2D eigenvalue weighted by molar-refractivity contribution is -0.121. The second kappa shape index (κ2) is 15.5. The molecule has 246 valence electrons. The lowest BCUT2D eigenvalue weighted by atomic mass is 9.84. The summed E-state index contributed by atoms with van der Waals surface area (Å²) in [5.74, 6) is -1.72. The molecule has 0 fully saturated rings. The van der Waals surface area contributed by atoms with Crippen molar-refractivity contribution in [3.63, 3.8) is 0 Å². The van der Waals surface area contributed by atoms with Crippen LogP contribution in [-0.2, 0) is 20.7 Å². The van der Waals surface area contributed by atoms with Gasteiger partial charge in [-0.2, -0.15) is 0 Å². The van der Waals surface area contributed by atoms with Gasteiger partial charge < -0.3 is 30.0 Å². The number of carbonyl (C=O) groups is 3. The summed E-state index contributed by atoms with van der Waals surface area (Å²) in [7, 11) is 1.55. The molecule has 2 heterocycles. The molecule has 1 unspecified atom stereocenters. The van der Waals surface area contributed by atoms with Gasteiger partial charge in [0, 0.05) is 54.4 Å². The Morgan fingerprint density at radius 2 is 1.85 bits per heavy atom. The average Bonchev–Trinajstić information content (AvgIpc) is 3.46. The van der Waals surface area contributed by atoms with Crippen molar-refractivity contribution in [2.24, 2.45) is 0 Å². The van der Waals surface area contributed by atoms with Crippen molar-refractivity contribution in [1.29, 1.82) is 0 Å². The number of amides is 1. The third-order valence-electron chi connectivity index (χ3n) is 8.70. The Bertz CT molecular complexity index is 1760. The van der Waals surface area contributed by atoms with Gasteiger partial charge in [-0.05, 0) is 80.0 Å². The number of Topliss-reactive ketones (excluding diaryl/α,β-unsaturated/α-hetero) is 1. The zero-order chi connectivity index (χ0) is 33.3. The highest BCUT2D eigenvalue weighted by atomic mass is 16.5. The molecule has 0 saturated carbocycles. The molecule has 9 heteroatoms. The van der Waals surface area contributed by atoms with Crippen LogP contribution >= 0.6 is 0 Å². The molecular weight excluding hydrogens is 596 g/mol. The number of fused-ring (bicyclic) bond motifs is 2. The van der Waals surface area contributed by atoms with Gasteiger partial charge in [-0.15, -0.1) is 0 Å². The van der Waals surface area contributed by atoms with Gasteiger partial charge in [-0.1, -0.05) is 42.5 Å². The Kier molecular flexibility index (Phi) is 11.0. The van der Waals surface area contributed by atoms with Crippen molar-refractivity contribution in [2.45, 2.75) is 70.3 Å². The lowest BCUT2D eigenvalue weighted by Gasteiger charge is -2.23. The first-order chi connectivity index (χ1) is 22.7. The third-order valence-corrected chi connectivity index (χ3v) is 8.70. The zero-order valence-corrected chi connectivity index (χ0v) is 26.9. The fourth-order valence-electron chi connectivity index (χ4n) is 6.17. The van der Waals surface area contributed by atoms with Crippen LogP contribution in [0.3, 0.4) is 0 Å². The van der Waals surface area contributed by atoms with Crippen LogP contribution < -0.4 is 10.1 Å². The van der Waals surface area contributed by atoms with E-state index in [0.29, 0.717) is 68.4 Å². The van der Waals surface area contributed by atoms with Gasteiger partial charge in [-0.25, -0.2) is 4.79 Å². The molecule has 5 rings (SSSR count). The van der Waals surface area contributed by atoms with Crippen LogP contribution in [0.5, 0.6) is 17.2 Å². The Hall–Kier alpha value is -5.05. The number of esters is 1. The maximum atomic E-state index is 13.6. The first-order valence-corrected chi connectivity index (χ1v) is 16.2. The number of allylic oxidation sites excluding steroid dienone is 1. The number of hydrogen-bond acceptors (Lipinski definition) is 7. The van der Waals surface area contributed by atoms with E-state index >= 15 is 0 Å². The molecular formula is C38H42N2O7. The smallest absolute Gasteiger partial charge is 0.342 e. The van der Waals surface area contributed by atoms with E-state index in [2.05, 4.69) is 10.3 Å². The Balaban J connectivity index is 1.46. The number of H-pyrrole nitrogens is 1. The van der Waals surface area contributed by atoms with E-state index in [1.165, 1.54) is 6.07 Å². The van der Waals surface area contributed by atoms with E-state index in [4.69, 9.17) is 9.47 Å². The number of rotatable bonds is 8. The standard InChI is InChI=1S/C38H42N2O7/c1-24-9-8-12-28(41)11-5-3-4-10-26-21-33(42)36(37(44)35(26)38(45)47-24)31(25-15-17-29(46-2)18-16-25)22-34(43)39-20-19-27-23-40-32-14-7-6-13-30(27)32/h4,6-7,10,13-18,21,23-24,31,40,42,44H,3,5,8-9,11-12,19-20,22H2,1-2H3,(H,39,43)/b10-4+/t24-,31?/m0/s1. The van der Waals surface area contributed by atoms with Gasteiger partial charge in [-0.3, -0.25) is 9.59 Å². The van der Waals surface area contributed by atoms with Crippen LogP contribution in [-0.4, -0.2) is 52.6 Å². The molecule has 1 amide bonds. The largest absolute Gasteiger partial charge is 0.507 e. The number of para-hydroxylation sites is 1. The average molecular weight is 639 g/mol. The molecule has 0 radical (unpaired) electrons. The molecule has 0 bridgehead atoms. The van der Waals surface area contributed by atoms with Crippen molar-refractivity contribution >= 4 is 34.6 Å². The summed E-state index contributed by atoms with van der Waals surface area (Å²) < 4.78 is 11.0. The fraction of sp³-hybridized carbons (Fsp3) is 0.342. The molecule has 1 aliphatic rings. The van der Waals surface area contributed by atoms with Gasteiger partial charge >= 0.3 is 5.97 Å². The minimum absolute atomic E-state index is 0.0606. The topological polar surface area (TPSA) is 138 Å². The Labute approximate surface area is 274 Å². The molecule has 4 N–H and O–H groups in total. The number of cyclic esters (lactones) is 1. The normalized spacial score (nSPS) is 17.3. The Morgan fingerprint density at radius 3 is 2.64 bits per heavy atom. The van der Waals surface area contributed by atoms with Crippen LogP contribution in [0.15, 0.2) is 66.9 Å². The van der Waals surface area contributed by atoms with Crippen molar-refractivity contribution < 1.29 is 34.1 Å². The van der Waals surface area contributed by atoms with E-state index < -0.39 is 23.7 Å². The minimum Gasteiger partial charge on any atom is -0.507 e. The summed E-state index contributed by atoms with van der Waals surface area (Å²) >= 11 is 0. The number of ketones is 1. The Morgan fingerprint density at radius 1 is 1.09 bits per heavy atom. The van der Waals surface area contributed by atoms with Gasteiger partial charge in [0.1, 0.15) is 28.6 Å². The molecule has 47 heavy (non-hydrogen) atoms. The summed E-state index contributed by atoms with van der Waals surface area (Å²) in [5.41, 5.74) is 3.03. The maximum Gasteiger partial charge on any atom is 0.342 e. The highest BCUT2D eigenvalue weighted by molar-refractivity contribution is 5.98. The van der Waals surface area contributed by atoms with Crippen LogP contribution in [0.4, 0.5) is 0 Å². The molecule has 0 spiro atoms. The highest BCUT2D eigenvalue weighted by Gasteiger charge is 2.31. The number of aromatic nitrogens is 1. The molecule has 3 aromatic carbocycles. The highest BCUT2D eigenvalue weighted by Crippen LogP contribution is 2.44. The monoisotopic (exact) mass is 638 g/mol. The number of nitrogens with one attached hydrogen (secondary N) is 2. The molecule has 9 nitrogen and oxygen atoms in total. The number of carbonyl (C=O) groups excluding carboxylic acids is 3. The van der Waals surface area contributed by atoms with Crippen LogP contribution in [0.2, 0.25) is 0 Å². The quantitative estimate of drug-likeness (QED) is 0.153. The molecule has 0 aliphatic carbocycles. The number of aromatic amines is 1. The number of methoxy groups -OCH3 is 1. The lowest BCUT2D eigenvalue weighted by Crippen LogP contribution is -2.27. The van der Waals surface area contributed by atoms with Gasteiger partial charge in [0.05, 0.1) is 13.2 Å². The first-order valence-electron chi connectivity index (χ1n) is 16.2. The number of benzene rings is 3. The summed E-state index contributed by atoms with van der Waals surface area (Å²) in [5, 5.41) is 27.2. The second-order valence-electron chi connectivity index (χ2n) is 12.1. The van der Waals surface area contributed by atoms with Gasteiger partial charge in [0.2, 0.25) is 5.91 Å². The van der Waals surface area contributed by atoms with E-state index in [9.17, 15) is 24.6 Å². The predicted octanol–water partition coefficient (Wildman–Crippen LogP) is 6.95. The maximum absolute atomic E-state index is 13.6. The second-order valence-corrected chi connectivity index (χ2v) is 12.1. The van der Waals surface area contributed by atoms with Gasteiger partial charge in [0.15, 0.2) is 0 Å². The molecule has 1 aromatic heterocycles. The van der Waals surface area contributed by atoms with E-state index in [0.717, 1.165) is 16.5 Å². The minimum atomic E-state index is -0.799.